The number of hydrogen-bond acceptors (Lipinski definition) is 1. The van der Waals surface area contributed by atoms with Crippen LogP contribution in [0.25, 0.3) is 0 Å². The standard InChI is InChI=1S/C26H33ClO/c1-2-4-20-8-16-25(17-9-20)26(28)19-22-10-14-24(15-11-22)23-12-6-21(7-13-23)5-3-18-27/h8-11,14-17,21,23H,2-7,12-13,18-19H2,1H3/t21-,23-. The van der Waals surface area contributed by atoms with Crippen LogP contribution in [0.2, 0.25) is 0 Å². The van der Waals surface area contributed by atoms with Crippen LogP contribution in [0.4, 0.5) is 0 Å². The summed E-state index contributed by atoms with van der Waals surface area (Å²) in [4.78, 5) is 12.6. The molecule has 0 N–H and O–H groups in total. The molecule has 1 saturated carbocycles. The lowest BCUT2D eigenvalue weighted by Crippen LogP contribution is -2.13. The molecule has 1 aliphatic rings. The lowest BCUT2D eigenvalue weighted by Gasteiger charge is -2.28. The third-order valence-electron chi connectivity index (χ3n) is 6.22. The van der Waals surface area contributed by atoms with E-state index < -0.39 is 0 Å². The summed E-state index contributed by atoms with van der Waals surface area (Å²) in [6.07, 6.45) is 10.4. The Hall–Kier alpha value is -1.60. The van der Waals surface area contributed by atoms with E-state index in [9.17, 15) is 4.79 Å². The van der Waals surface area contributed by atoms with Crippen molar-refractivity contribution in [3.05, 3.63) is 70.8 Å². The lowest BCUT2D eigenvalue weighted by atomic mass is 9.77. The van der Waals surface area contributed by atoms with Crippen molar-refractivity contribution < 1.29 is 4.79 Å². The third kappa shape index (κ3) is 5.95. The van der Waals surface area contributed by atoms with Gasteiger partial charge in [-0.05, 0) is 73.5 Å². The minimum Gasteiger partial charge on any atom is -0.294 e. The van der Waals surface area contributed by atoms with Crippen molar-refractivity contribution in [3.8, 4) is 0 Å². The lowest BCUT2D eigenvalue weighted by molar-refractivity contribution is 0.0993. The van der Waals surface area contributed by atoms with E-state index >= 15 is 0 Å². The first-order chi connectivity index (χ1) is 13.7. The molecule has 1 nitrogen and oxygen atoms in total. The number of carbonyl (C=O) groups excluding carboxylic acids is 1. The van der Waals surface area contributed by atoms with Crippen LogP contribution in [0.5, 0.6) is 0 Å². The fraction of sp³-hybridized carbons (Fsp3) is 0.500. The van der Waals surface area contributed by atoms with Crippen LogP contribution in [0, 0.1) is 5.92 Å². The highest BCUT2D eigenvalue weighted by molar-refractivity contribution is 6.17. The van der Waals surface area contributed by atoms with Crippen molar-refractivity contribution in [2.75, 3.05) is 5.88 Å². The molecule has 0 amide bonds. The van der Waals surface area contributed by atoms with Gasteiger partial charge in [-0.25, -0.2) is 0 Å². The van der Waals surface area contributed by atoms with Crippen molar-refractivity contribution >= 4 is 17.4 Å². The van der Waals surface area contributed by atoms with Gasteiger partial charge in [0.15, 0.2) is 5.78 Å². The molecule has 1 fully saturated rings. The second kappa shape index (κ2) is 10.8. The minimum absolute atomic E-state index is 0.204. The molecular weight excluding hydrogens is 364 g/mol. The Morgan fingerprint density at radius 3 is 2.18 bits per heavy atom. The van der Waals surface area contributed by atoms with E-state index in [0.717, 1.165) is 42.2 Å². The highest BCUT2D eigenvalue weighted by Crippen LogP contribution is 2.37. The predicted molar refractivity (Wildman–Crippen MR) is 120 cm³/mol. The number of hydrogen-bond donors (Lipinski definition) is 0. The van der Waals surface area contributed by atoms with E-state index in [0.29, 0.717) is 12.3 Å². The molecule has 0 saturated heterocycles. The second-order valence-electron chi connectivity index (χ2n) is 8.34. The number of halogens is 1. The molecule has 0 bridgehead atoms. The Kier molecular flexibility index (Phi) is 8.15. The summed E-state index contributed by atoms with van der Waals surface area (Å²) in [6.45, 7) is 2.18. The maximum Gasteiger partial charge on any atom is 0.167 e. The first-order valence-electron chi connectivity index (χ1n) is 11.0. The van der Waals surface area contributed by atoms with Gasteiger partial charge in [0.25, 0.3) is 0 Å². The van der Waals surface area contributed by atoms with Crippen LogP contribution in [0.1, 0.15) is 84.8 Å². The van der Waals surface area contributed by atoms with Crippen LogP contribution < -0.4 is 0 Å². The number of rotatable bonds is 9. The number of alkyl halides is 1. The zero-order chi connectivity index (χ0) is 19.8. The maximum absolute atomic E-state index is 12.6. The summed E-state index contributed by atoms with van der Waals surface area (Å²) in [6, 6.07) is 16.9. The van der Waals surface area contributed by atoms with E-state index in [4.69, 9.17) is 11.6 Å². The number of carbonyl (C=O) groups is 1. The number of ketones is 1. The molecule has 2 aromatic carbocycles. The predicted octanol–water partition coefficient (Wildman–Crippen LogP) is 7.36. The molecule has 0 radical (unpaired) electrons. The van der Waals surface area contributed by atoms with E-state index in [2.05, 4.69) is 43.3 Å². The molecule has 0 spiro atoms. The van der Waals surface area contributed by atoms with E-state index in [1.165, 1.54) is 43.2 Å². The summed E-state index contributed by atoms with van der Waals surface area (Å²) in [5, 5.41) is 0. The van der Waals surface area contributed by atoms with E-state index in [1.807, 2.05) is 12.1 Å². The fourth-order valence-electron chi connectivity index (χ4n) is 4.49. The van der Waals surface area contributed by atoms with Gasteiger partial charge in [-0.3, -0.25) is 4.79 Å². The van der Waals surface area contributed by atoms with Gasteiger partial charge in [0.05, 0.1) is 0 Å². The smallest absolute Gasteiger partial charge is 0.167 e. The van der Waals surface area contributed by atoms with Gasteiger partial charge < -0.3 is 0 Å². The first kappa shape index (κ1) is 21.1. The SMILES string of the molecule is CCCc1ccc(C(=O)Cc2ccc([C@H]3CC[C@H](CCCCl)CC3)cc2)cc1. The van der Waals surface area contributed by atoms with E-state index in [1.54, 1.807) is 0 Å². The fourth-order valence-corrected chi connectivity index (χ4v) is 4.65. The quantitative estimate of drug-likeness (QED) is 0.319. The number of Topliss-reactive ketones (excluding diaryl/α,β-unsaturated/α-hetero) is 1. The Labute approximate surface area is 175 Å². The maximum atomic E-state index is 12.6. The summed E-state index contributed by atoms with van der Waals surface area (Å²) in [5.74, 6) is 2.55. The minimum atomic E-state index is 0.204. The summed E-state index contributed by atoms with van der Waals surface area (Å²) < 4.78 is 0. The molecule has 2 heteroatoms. The van der Waals surface area contributed by atoms with Gasteiger partial charge in [-0.2, -0.15) is 0 Å². The molecule has 150 valence electrons. The third-order valence-corrected chi connectivity index (χ3v) is 6.49. The Balaban J connectivity index is 1.52. The summed E-state index contributed by atoms with van der Waals surface area (Å²) >= 11 is 5.83. The van der Waals surface area contributed by atoms with Gasteiger partial charge in [0, 0.05) is 17.9 Å². The Morgan fingerprint density at radius 2 is 1.57 bits per heavy atom. The zero-order valence-corrected chi connectivity index (χ0v) is 17.9. The zero-order valence-electron chi connectivity index (χ0n) is 17.1. The first-order valence-corrected chi connectivity index (χ1v) is 11.5. The monoisotopic (exact) mass is 396 g/mol. The molecule has 0 heterocycles. The van der Waals surface area contributed by atoms with Crippen molar-refractivity contribution in [1.29, 1.82) is 0 Å². The summed E-state index contributed by atoms with van der Waals surface area (Å²) in [7, 11) is 0. The molecule has 3 rings (SSSR count). The highest BCUT2D eigenvalue weighted by atomic mass is 35.5. The van der Waals surface area contributed by atoms with Crippen LogP contribution in [-0.2, 0) is 12.8 Å². The topological polar surface area (TPSA) is 17.1 Å². The largest absolute Gasteiger partial charge is 0.294 e. The summed E-state index contributed by atoms with van der Waals surface area (Å²) in [5.41, 5.74) is 4.68. The Morgan fingerprint density at radius 1 is 0.929 bits per heavy atom. The van der Waals surface area contributed by atoms with Crippen LogP contribution in [0.15, 0.2) is 48.5 Å². The highest BCUT2D eigenvalue weighted by Gasteiger charge is 2.22. The van der Waals surface area contributed by atoms with Gasteiger partial charge in [0.2, 0.25) is 0 Å². The normalized spacial score (nSPS) is 19.5. The van der Waals surface area contributed by atoms with Crippen LogP contribution in [-0.4, -0.2) is 11.7 Å². The molecule has 0 aromatic heterocycles. The van der Waals surface area contributed by atoms with Gasteiger partial charge >= 0.3 is 0 Å². The Bertz CT molecular complexity index is 724. The van der Waals surface area contributed by atoms with Crippen LogP contribution >= 0.6 is 11.6 Å². The van der Waals surface area contributed by atoms with Crippen molar-refractivity contribution in [1.82, 2.24) is 0 Å². The number of benzene rings is 2. The second-order valence-corrected chi connectivity index (χ2v) is 8.72. The molecule has 0 aliphatic heterocycles. The molecular formula is C26H33ClO. The van der Waals surface area contributed by atoms with Gasteiger partial charge in [-0.1, -0.05) is 61.9 Å². The van der Waals surface area contributed by atoms with Crippen molar-refractivity contribution in [2.24, 2.45) is 5.92 Å². The van der Waals surface area contributed by atoms with Crippen LogP contribution in [0.3, 0.4) is 0 Å². The van der Waals surface area contributed by atoms with Gasteiger partial charge in [0.1, 0.15) is 0 Å². The van der Waals surface area contributed by atoms with Gasteiger partial charge in [-0.15, -0.1) is 11.6 Å². The van der Waals surface area contributed by atoms with Crippen molar-refractivity contribution in [2.45, 2.75) is 70.6 Å². The molecule has 0 unspecified atom stereocenters. The number of aryl methyl sites for hydroxylation is 1. The average molecular weight is 397 g/mol. The molecule has 28 heavy (non-hydrogen) atoms. The average Bonchev–Trinajstić information content (AvgIpc) is 2.74. The molecule has 0 atom stereocenters. The molecule has 2 aromatic rings. The molecule has 1 aliphatic carbocycles. The van der Waals surface area contributed by atoms with E-state index in [-0.39, 0.29) is 5.78 Å². The van der Waals surface area contributed by atoms with Crippen molar-refractivity contribution in [3.63, 3.8) is 0 Å².